The molecule has 1 aromatic carbocycles. The molecule has 0 heterocycles. The Hall–Kier alpha value is -0.400. The van der Waals surface area contributed by atoms with Crippen LogP contribution in [0.1, 0.15) is 52.9 Å². The van der Waals surface area contributed by atoms with Crippen LogP contribution in [0.2, 0.25) is 10.0 Å². The Bertz CT molecular complexity index is 431. The summed E-state index contributed by atoms with van der Waals surface area (Å²) in [4.78, 5) is 0. The Labute approximate surface area is 133 Å². The van der Waals surface area contributed by atoms with Gasteiger partial charge < -0.3 is 5.32 Å². The third-order valence-electron chi connectivity index (χ3n) is 4.43. The summed E-state index contributed by atoms with van der Waals surface area (Å²) in [5.41, 5.74) is 1.47. The number of anilines is 1. The first-order valence-electron chi connectivity index (χ1n) is 7.57. The van der Waals surface area contributed by atoms with Gasteiger partial charge in [-0.2, -0.15) is 0 Å². The summed E-state index contributed by atoms with van der Waals surface area (Å²) in [6.45, 7) is 7.09. The molecule has 0 bridgehead atoms. The molecule has 1 aromatic rings. The smallest absolute Gasteiger partial charge is 0.0441 e. The fourth-order valence-corrected chi connectivity index (χ4v) is 3.71. The molecule has 1 fully saturated rings. The first-order valence-corrected chi connectivity index (χ1v) is 8.33. The molecule has 0 saturated heterocycles. The minimum Gasteiger partial charge on any atom is -0.382 e. The van der Waals surface area contributed by atoms with Crippen LogP contribution in [-0.2, 0) is 0 Å². The van der Waals surface area contributed by atoms with Gasteiger partial charge in [-0.05, 0) is 55.2 Å². The SMILES string of the molecule is CC(C)(C)C1CCCC(Nc2cc(Cl)cc(Cl)c2)CC1. The molecule has 0 radical (unpaired) electrons. The molecule has 1 aliphatic rings. The Morgan fingerprint density at radius 1 is 0.950 bits per heavy atom. The number of hydrogen-bond donors (Lipinski definition) is 1. The van der Waals surface area contributed by atoms with Crippen LogP contribution >= 0.6 is 23.2 Å². The van der Waals surface area contributed by atoms with Crippen LogP contribution in [0, 0.1) is 11.3 Å². The lowest BCUT2D eigenvalue weighted by Gasteiger charge is -2.29. The summed E-state index contributed by atoms with van der Waals surface area (Å²) in [7, 11) is 0. The summed E-state index contributed by atoms with van der Waals surface area (Å²) in [6.07, 6.45) is 6.41. The first-order chi connectivity index (χ1) is 9.34. The molecule has 1 aliphatic carbocycles. The van der Waals surface area contributed by atoms with Crippen LogP contribution in [0.25, 0.3) is 0 Å². The molecule has 2 atom stereocenters. The third kappa shape index (κ3) is 4.56. The van der Waals surface area contributed by atoms with Gasteiger partial charge in [-0.25, -0.2) is 0 Å². The highest BCUT2D eigenvalue weighted by atomic mass is 35.5. The zero-order valence-electron chi connectivity index (χ0n) is 12.7. The zero-order chi connectivity index (χ0) is 14.8. The quantitative estimate of drug-likeness (QED) is 0.623. The van der Waals surface area contributed by atoms with Crippen molar-refractivity contribution < 1.29 is 0 Å². The van der Waals surface area contributed by atoms with Gasteiger partial charge in [-0.15, -0.1) is 0 Å². The van der Waals surface area contributed by atoms with Gasteiger partial charge in [-0.1, -0.05) is 50.4 Å². The lowest BCUT2D eigenvalue weighted by atomic mass is 9.76. The second kappa shape index (κ2) is 6.58. The lowest BCUT2D eigenvalue weighted by Crippen LogP contribution is -2.21. The number of hydrogen-bond acceptors (Lipinski definition) is 1. The second-order valence-corrected chi connectivity index (χ2v) is 7.94. The van der Waals surface area contributed by atoms with E-state index in [0.717, 1.165) is 11.6 Å². The Balaban J connectivity index is 1.97. The summed E-state index contributed by atoms with van der Waals surface area (Å²) in [6, 6.07) is 6.23. The van der Waals surface area contributed by atoms with E-state index in [0.29, 0.717) is 21.5 Å². The largest absolute Gasteiger partial charge is 0.382 e. The van der Waals surface area contributed by atoms with Gasteiger partial charge in [0, 0.05) is 21.8 Å². The normalized spacial score (nSPS) is 24.2. The number of benzene rings is 1. The highest BCUT2D eigenvalue weighted by molar-refractivity contribution is 6.35. The van der Waals surface area contributed by atoms with Crippen molar-refractivity contribution in [1.29, 1.82) is 0 Å². The van der Waals surface area contributed by atoms with E-state index >= 15 is 0 Å². The van der Waals surface area contributed by atoms with Crippen LogP contribution in [0.15, 0.2) is 18.2 Å². The van der Waals surface area contributed by atoms with Crippen molar-refractivity contribution >= 4 is 28.9 Å². The molecule has 3 heteroatoms. The number of halogens is 2. The van der Waals surface area contributed by atoms with E-state index in [1.54, 1.807) is 6.07 Å². The lowest BCUT2D eigenvalue weighted by molar-refractivity contribution is 0.214. The molecule has 0 aliphatic heterocycles. The van der Waals surface area contributed by atoms with E-state index in [2.05, 4.69) is 26.1 Å². The topological polar surface area (TPSA) is 12.0 Å². The molecule has 20 heavy (non-hydrogen) atoms. The minimum atomic E-state index is 0.425. The maximum atomic E-state index is 6.06. The van der Waals surface area contributed by atoms with Crippen molar-refractivity contribution in [2.45, 2.75) is 58.9 Å². The average molecular weight is 314 g/mol. The molecule has 1 saturated carbocycles. The van der Waals surface area contributed by atoms with E-state index in [1.807, 2.05) is 12.1 Å². The standard InChI is InChI=1S/C17H25Cl2N/c1-17(2,3)12-5-4-6-15(8-7-12)20-16-10-13(18)9-14(19)11-16/h9-12,15,20H,4-8H2,1-3H3. The van der Waals surface area contributed by atoms with E-state index in [1.165, 1.54) is 32.1 Å². The maximum Gasteiger partial charge on any atom is 0.0441 e. The van der Waals surface area contributed by atoms with Crippen LogP contribution in [-0.4, -0.2) is 6.04 Å². The summed E-state index contributed by atoms with van der Waals surface area (Å²) in [5, 5.41) is 5.00. The van der Waals surface area contributed by atoms with Gasteiger partial charge in [0.25, 0.3) is 0 Å². The van der Waals surface area contributed by atoms with Crippen molar-refractivity contribution in [2.24, 2.45) is 11.3 Å². The highest BCUT2D eigenvalue weighted by Gasteiger charge is 2.27. The fourth-order valence-electron chi connectivity index (χ4n) is 3.18. The molecule has 1 nitrogen and oxygen atoms in total. The molecule has 0 amide bonds. The van der Waals surface area contributed by atoms with Gasteiger partial charge in [0.2, 0.25) is 0 Å². The van der Waals surface area contributed by atoms with Crippen LogP contribution in [0.3, 0.4) is 0 Å². The van der Waals surface area contributed by atoms with E-state index in [9.17, 15) is 0 Å². The fraction of sp³-hybridized carbons (Fsp3) is 0.647. The van der Waals surface area contributed by atoms with Crippen molar-refractivity contribution in [3.8, 4) is 0 Å². The monoisotopic (exact) mass is 313 g/mol. The predicted molar refractivity (Wildman–Crippen MR) is 89.9 cm³/mol. The van der Waals surface area contributed by atoms with Gasteiger partial charge in [-0.3, -0.25) is 0 Å². The molecular weight excluding hydrogens is 289 g/mol. The molecular formula is C17H25Cl2N. The average Bonchev–Trinajstić information content (AvgIpc) is 2.52. The molecule has 2 unspecified atom stereocenters. The number of rotatable bonds is 2. The van der Waals surface area contributed by atoms with Gasteiger partial charge in [0.15, 0.2) is 0 Å². The maximum absolute atomic E-state index is 6.06. The Kier molecular flexibility index (Phi) is 5.25. The third-order valence-corrected chi connectivity index (χ3v) is 4.86. The summed E-state index contributed by atoms with van der Waals surface area (Å²) in [5.74, 6) is 0.831. The zero-order valence-corrected chi connectivity index (χ0v) is 14.2. The summed E-state index contributed by atoms with van der Waals surface area (Å²) < 4.78 is 0. The predicted octanol–water partition coefficient (Wildman–Crippen LogP) is 6.40. The highest BCUT2D eigenvalue weighted by Crippen LogP contribution is 2.37. The Morgan fingerprint density at radius 3 is 2.20 bits per heavy atom. The van der Waals surface area contributed by atoms with Crippen molar-refractivity contribution in [2.75, 3.05) is 5.32 Å². The minimum absolute atomic E-state index is 0.425. The van der Waals surface area contributed by atoms with Gasteiger partial charge in [0.05, 0.1) is 0 Å². The molecule has 112 valence electrons. The van der Waals surface area contributed by atoms with Crippen LogP contribution < -0.4 is 5.32 Å². The molecule has 2 rings (SSSR count). The molecule has 0 spiro atoms. The van der Waals surface area contributed by atoms with Gasteiger partial charge in [0.1, 0.15) is 0 Å². The molecule has 0 aromatic heterocycles. The van der Waals surface area contributed by atoms with E-state index in [4.69, 9.17) is 23.2 Å². The van der Waals surface area contributed by atoms with Gasteiger partial charge >= 0.3 is 0 Å². The van der Waals surface area contributed by atoms with E-state index in [-0.39, 0.29) is 0 Å². The van der Waals surface area contributed by atoms with Crippen LogP contribution in [0.4, 0.5) is 5.69 Å². The number of nitrogens with one attached hydrogen (secondary N) is 1. The summed E-state index contributed by atoms with van der Waals surface area (Å²) >= 11 is 12.1. The molecule has 1 N–H and O–H groups in total. The van der Waals surface area contributed by atoms with Crippen molar-refractivity contribution in [3.05, 3.63) is 28.2 Å². The van der Waals surface area contributed by atoms with Crippen molar-refractivity contribution in [3.63, 3.8) is 0 Å². The second-order valence-electron chi connectivity index (χ2n) is 7.07. The first kappa shape index (κ1) is 16.0. The van der Waals surface area contributed by atoms with E-state index < -0.39 is 0 Å². The Morgan fingerprint density at radius 2 is 1.60 bits per heavy atom. The van der Waals surface area contributed by atoms with Crippen LogP contribution in [0.5, 0.6) is 0 Å². The van der Waals surface area contributed by atoms with Crippen molar-refractivity contribution in [1.82, 2.24) is 0 Å².